The highest BCUT2D eigenvalue weighted by atomic mass is 19.4. The van der Waals surface area contributed by atoms with Gasteiger partial charge in [-0.3, -0.25) is 4.79 Å². The number of ether oxygens (including phenoxy) is 1. The molecule has 0 radical (unpaired) electrons. The molecule has 11 nitrogen and oxygen atoms in total. The van der Waals surface area contributed by atoms with Crippen LogP contribution in [-0.4, -0.2) is 74.5 Å². The molecule has 3 amide bonds. The van der Waals surface area contributed by atoms with Crippen LogP contribution in [0.3, 0.4) is 0 Å². The Morgan fingerprint density at radius 1 is 1.27 bits per heavy atom. The topological polar surface area (TPSA) is 138 Å². The number of carbonyl (C=O) groups is 2. The molecule has 0 bridgehead atoms. The van der Waals surface area contributed by atoms with Gasteiger partial charge in [0.05, 0.1) is 36.8 Å². The number of aromatic nitrogens is 4. The molecule has 41 heavy (non-hydrogen) atoms. The smallest absolute Gasteiger partial charge is 0.364 e. The third-order valence-electron chi connectivity index (χ3n) is 7.23. The molecule has 3 N–H and O–H groups in total. The summed E-state index contributed by atoms with van der Waals surface area (Å²) < 4.78 is 78.5. The van der Waals surface area contributed by atoms with Crippen LogP contribution in [0.2, 0.25) is 0 Å². The Kier molecular flexibility index (Phi) is 7.16. The van der Waals surface area contributed by atoms with Crippen LogP contribution < -0.4 is 10.6 Å². The molecule has 0 unspecified atom stereocenters. The molecule has 2 fully saturated rings. The zero-order valence-electron chi connectivity index (χ0n) is 22.3. The van der Waals surface area contributed by atoms with E-state index < -0.39 is 61.4 Å². The Bertz CT molecular complexity index is 1450. The third-order valence-corrected chi connectivity index (χ3v) is 7.23. The normalized spacial score (nSPS) is 19.2. The molecule has 1 saturated heterocycles. The number of amides is 3. The number of hydrogen-bond acceptors (Lipinski definition) is 7. The number of fused-ring (bicyclic) bond motifs is 1. The molecule has 1 aromatic carbocycles. The van der Waals surface area contributed by atoms with Gasteiger partial charge in [0.2, 0.25) is 0 Å². The van der Waals surface area contributed by atoms with Gasteiger partial charge in [-0.15, -0.1) is 0 Å². The Morgan fingerprint density at radius 3 is 2.63 bits per heavy atom. The molecule has 2 aliphatic rings. The van der Waals surface area contributed by atoms with Crippen molar-refractivity contribution >= 4 is 23.0 Å². The maximum atomic E-state index is 14.2. The van der Waals surface area contributed by atoms with Crippen LogP contribution in [0.25, 0.3) is 11.0 Å². The summed E-state index contributed by atoms with van der Waals surface area (Å²) in [7, 11) is 0. The number of urea groups is 1. The van der Waals surface area contributed by atoms with Crippen molar-refractivity contribution in [3.63, 3.8) is 0 Å². The van der Waals surface area contributed by atoms with Gasteiger partial charge in [-0.2, -0.15) is 13.2 Å². The van der Waals surface area contributed by atoms with Crippen LogP contribution in [0.15, 0.2) is 22.8 Å². The van der Waals surface area contributed by atoms with Crippen LogP contribution in [0.5, 0.6) is 0 Å². The first-order valence-electron chi connectivity index (χ1n) is 12.9. The maximum Gasteiger partial charge on any atom is 0.416 e. The van der Waals surface area contributed by atoms with Crippen LogP contribution in [0, 0.1) is 12.8 Å². The van der Waals surface area contributed by atoms with E-state index in [2.05, 4.69) is 35.5 Å². The highest BCUT2D eigenvalue weighted by Gasteiger charge is 2.49. The second kappa shape index (κ2) is 10.2. The fourth-order valence-electron chi connectivity index (χ4n) is 4.64. The maximum absolute atomic E-state index is 14.2. The fraction of sp³-hybridized carbons (Fsp3) is 0.560. The number of imidazole rings is 1. The summed E-state index contributed by atoms with van der Waals surface area (Å²) in [6.07, 6.45) is -3.16. The van der Waals surface area contributed by atoms with E-state index in [-0.39, 0.29) is 23.1 Å². The van der Waals surface area contributed by atoms with E-state index in [0.717, 1.165) is 31.6 Å². The average Bonchev–Trinajstić information content (AvgIpc) is 3.46. The lowest BCUT2D eigenvalue weighted by Gasteiger charge is -2.38. The molecule has 2 aromatic heterocycles. The lowest BCUT2D eigenvalue weighted by Crippen LogP contribution is -2.58. The van der Waals surface area contributed by atoms with Crippen molar-refractivity contribution in [2.24, 2.45) is 5.92 Å². The zero-order chi connectivity index (χ0) is 29.7. The van der Waals surface area contributed by atoms with Gasteiger partial charge in [0.15, 0.2) is 11.3 Å². The van der Waals surface area contributed by atoms with Crippen molar-refractivity contribution in [3.8, 4) is 0 Å². The van der Waals surface area contributed by atoms with Crippen LogP contribution >= 0.6 is 0 Å². The molecule has 0 spiro atoms. The molecule has 3 aromatic rings. The summed E-state index contributed by atoms with van der Waals surface area (Å²) in [5, 5.41) is 11.9. The van der Waals surface area contributed by atoms with E-state index in [4.69, 9.17) is 4.74 Å². The van der Waals surface area contributed by atoms with Crippen molar-refractivity contribution in [3.05, 3.63) is 41.0 Å². The predicted molar refractivity (Wildman–Crippen MR) is 132 cm³/mol. The largest absolute Gasteiger partial charge is 0.416 e. The number of halogens is 5. The first-order chi connectivity index (χ1) is 19.1. The average molecular weight is 586 g/mol. The number of rotatable bonds is 9. The van der Waals surface area contributed by atoms with Gasteiger partial charge < -0.3 is 25.3 Å². The standard InChI is InChI=1S/C25H28F5N7O4/c1-12-18(36-41-35-12)21(38)34-17(9-40-23(2,3)25(28,29)30)20-32-15-7-6-14(8-16(15)33-20)19(13-4-5-13)37-11-24(26,27)10-31-22(37)39/h6-8,13,17,19H,4-5,9-11H2,1-3H3,(H,31,39)(H,32,33)(H,34,38)/t17-,19+/m0/s1. The lowest BCUT2D eigenvalue weighted by atomic mass is 9.99. The number of nitrogens with zero attached hydrogens (tertiary/aromatic N) is 4. The third kappa shape index (κ3) is 5.96. The van der Waals surface area contributed by atoms with Gasteiger partial charge in [-0.05, 0) is 62.4 Å². The number of aryl methyl sites for hydroxylation is 1. The number of aromatic amines is 1. The second-order valence-corrected chi connectivity index (χ2v) is 10.9. The fourth-order valence-corrected chi connectivity index (χ4v) is 4.64. The van der Waals surface area contributed by atoms with Crippen LogP contribution in [0.4, 0.5) is 26.7 Å². The Balaban J connectivity index is 1.45. The van der Waals surface area contributed by atoms with Gasteiger partial charge in [0.25, 0.3) is 11.8 Å². The molecule has 2 atom stereocenters. The van der Waals surface area contributed by atoms with Crippen LogP contribution in [0.1, 0.15) is 66.3 Å². The summed E-state index contributed by atoms with van der Waals surface area (Å²) in [5.74, 6) is -3.77. The minimum absolute atomic E-state index is 0.00476. The first kappa shape index (κ1) is 28.7. The highest BCUT2D eigenvalue weighted by Crippen LogP contribution is 2.46. The van der Waals surface area contributed by atoms with E-state index >= 15 is 0 Å². The molecular weight excluding hydrogens is 557 g/mol. The van der Waals surface area contributed by atoms with Crippen molar-refractivity contribution in [2.75, 3.05) is 19.7 Å². The van der Waals surface area contributed by atoms with Crippen molar-refractivity contribution < 1.29 is 40.9 Å². The minimum atomic E-state index is -4.69. The molecule has 3 heterocycles. The number of carbonyl (C=O) groups excluding carboxylic acids is 2. The SMILES string of the molecule is Cc1nonc1C(=O)N[C@@H](COC(C)(C)C(F)(F)F)c1nc2cc([C@@H](C3CC3)N3CC(F)(F)CNC3=O)ccc2[nH]1. The predicted octanol–water partition coefficient (Wildman–Crippen LogP) is 4.19. The second-order valence-electron chi connectivity index (χ2n) is 10.9. The summed E-state index contributed by atoms with van der Waals surface area (Å²) in [6, 6.07) is 2.60. The Hall–Kier alpha value is -3.82. The van der Waals surface area contributed by atoms with Crippen molar-refractivity contribution in [2.45, 2.75) is 63.4 Å². The minimum Gasteiger partial charge on any atom is -0.364 e. The van der Waals surface area contributed by atoms with Crippen LogP contribution in [-0.2, 0) is 4.74 Å². The van der Waals surface area contributed by atoms with E-state index in [1.165, 1.54) is 6.92 Å². The summed E-state index contributed by atoms with van der Waals surface area (Å²) in [6.45, 7) is 1.14. The molecule has 16 heteroatoms. The molecule has 1 aliphatic heterocycles. The van der Waals surface area contributed by atoms with Gasteiger partial charge in [0, 0.05) is 0 Å². The molecule has 222 valence electrons. The number of alkyl halides is 5. The summed E-state index contributed by atoms with van der Waals surface area (Å²) in [4.78, 5) is 34.0. The lowest BCUT2D eigenvalue weighted by molar-refractivity contribution is -0.265. The molecule has 1 saturated carbocycles. The quantitative estimate of drug-likeness (QED) is 0.320. The number of benzene rings is 1. The number of hydrogen-bond donors (Lipinski definition) is 3. The van der Waals surface area contributed by atoms with E-state index in [0.29, 0.717) is 16.6 Å². The summed E-state index contributed by atoms with van der Waals surface area (Å²) >= 11 is 0. The molecular formula is C25H28F5N7O4. The highest BCUT2D eigenvalue weighted by molar-refractivity contribution is 5.93. The number of nitrogens with one attached hydrogen (secondary N) is 3. The number of H-pyrrole nitrogens is 1. The van der Waals surface area contributed by atoms with Crippen molar-refractivity contribution in [1.29, 1.82) is 0 Å². The monoisotopic (exact) mass is 585 g/mol. The summed E-state index contributed by atoms with van der Waals surface area (Å²) in [5.41, 5.74) is -1.10. The molecule has 1 aliphatic carbocycles. The van der Waals surface area contributed by atoms with Gasteiger partial charge in [-0.1, -0.05) is 11.2 Å². The van der Waals surface area contributed by atoms with E-state index in [1.807, 2.05) is 0 Å². The molecule has 5 rings (SSSR count). The van der Waals surface area contributed by atoms with Gasteiger partial charge in [-0.25, -0.2) is 23.2 Å². The van der Waals surface area contributed by atoms with Crippen molar-refractivity contribution in [1.82, 2.24) is 35.8 Å². The van der Waals surface area contributed by atoms with E-state index in [9.17, 15) is 31.5 Å². The Morgan fingerprint density at radius 2 is 2.00 bits per heavy atom. The zero-order valence-corrected chi connectivity index (χ0v) is 22.3. The first-order valence-corrected chi connectivity index (χ1v) is 12.9. The van der Waals surface area contributed by atoms with Gasteiger partial charge in [0.1, 0.15) is 17.6 Å². The van der Waals surface area contributed by atoms with E-state index in [1.54, 1.807) is 18.2 Å². The van der Waals surface area contributed by atoms with Gasteiger partial charge >= 0.3 is 12.2 Å². The Labute approximate surface area is 230 Å².